The number of hydrogen-bond acceptors (Lipinski definition) is 3. The Morgan fingerprint density at radius 3 is 2.75 bits per heavy atom. The van der Waals surface area contributed by atoms with Gasteiger partial charge in [-0.3, -0.25) is 4.98 Å². The lowest BCUT2D eigenvalue weighted by Crippen LogP contribution is -2.16. The largest absolute Gasteiger partial charge is 0.309 e. The molecule has 2 aromatic heterocycles. The van der Waals surface area contributed by atoms with E-state index in [0.29, 0.717) is 0 Å². The molecule has 2 aromatic rings. The highest BCUT2D eigenvalue weighted by molar-refractivity contribution is 7.12. The van der Waals surface area contributed by atoms with Crippen molar-refractivity contribution >= 4 is 11.3 Å². The van der Waals surface area contributed by atoms with Crippen LogP contribution < -0.4 is 5.32 Å². The van der Waals surface area contributed by atoms with Gasteiger partial charge in [0.2, 0.25) is 0 Å². The molecule has 1 unspecified atom stereocenters. The molecule has 2 rings (SSSR count). The maximum atomic E-state index is 13.1. The van der Waals surface area contributed by atoms with Gasteiger partial charge in [-0.25, -0.2) is 4.39 Å². The summed E-state index contributed by atoms with van der Waals surface area (Å²) in [6.07, 6.45) is 2.91. The lowest BCUT2D eigenvalue weighted by atomic mass is 10.1. The van der Waals surface area contributed by atoms with Gasteiger partial charge in [-0.05, 0) is 37.7 Å². The molecular weight excluding hydrogens is 223 g/mol. The molecule has 0 aromatic carbocycles. The summed E-state index contributed by atoms with van der Waals surface area (Å²) < 4.78 is 13.1. The maximum Gasteiger partial charge on any atom is 0.141 e. The Hall–Kier alpha value is -1.26. The van der Waals surface area contributed by atoms with Crippen molar-refractivity contribution in [1.82, 2.24) is 10.3 Å². The van der Waals surface area contributed by atoms with Crippen LogP contribution in [-0.2, 0) is 0 Å². The second kappa shape index (κ2) is 4.72. The lowest BCUT2D eigenvalue weighted by Gasteiger charge is -2.14. The highest BCUT2D eigenvalue weighted by Crippen LogP contribution is 2.27. The number of nitrogens with one attached hydrogen (secondary N) is 1. The van der Waals surface area contributed by atoms with Crippen LogP contribution in [0, 0.1) is 12.7 Å². The minimum absolute atomic E-state index is 0.0156. The standard InChI is InChI=1S/C12H13FN2S/c1-8-3-4-11(16-8)12(14-2)9-5-10(13)7-15-6-9/h3-7,12,14H,1-2H3. The fourth-order valence-electron chi connectivity index (χ4n) is 1.67. The summed E-state index contributed by atoms with van der Waals surface area (Å²) in [5.74, 6) is -0.300. The Morgan fingerprint density at radius 2 is 2.19 bits per heavy atom. The number of thiophene rings is 1. The van der Waals surface area contributed by atoms with Crippen LogP contribution in [0.1, 0.15) is 21.4 Å². The van der Waals surface area contributed by atoms with Crippen LogP contribution in [0.3, 0.4) is 0 Å². The van der Waals surface area contributed by atoms with E-state index in [1.54, 1.807) is 17.5 Å². The van der Waals surface area contributed by atoms with E-state index in [0.717, 1.165) is 5.56 Å². The topological polar surface area (TPSA) is 24.9 Å². The quantitative estimate of drug-likeness (QED) is 0.886. The van der Waals surface area contributed by atoms with Gasteiger partial charge in [-0.15, -0.1) is 11.3 Å². The first-order chi connectivity index (χ1) is 7.70. The highest BCUT2D eigenvalue weighted by Gasteiger charge is 2.14. The number of aryl methyl sites for hydroxylation is 1. The molecule has 0 spiro atoms. The Kier molecular flexibility index (Phi) is 3.31. The van der Waals surface area contributed by atoms with Gasteiger partial charge in [0.05, 0.1) is 12.2 Å². The molecule has 1 N–H and O–H groups in total. The molecule has 0 bridgehead atoms. The van der Waals surface area contributed by atoms with E-state index in [-0.39, 0.29) is 11.9 Å². The third kappa shape index (κ3) is 2.28. The molecule has 0 fully saturated rings. The zero-order chi connectivity index (χ0) is 11.5. The second-order valence-electron chi connectivity index (χ2n) is 3.61. The molecule has 16 heavy (non-hydrogen) atoms. The highest BCUT2D eigenvalue weighted by atomic mass is 32.1. The molecule has 0 saturated carbocycles. The maximum absolute atomic E-state index is 13.1. The van der Waals surface area contributed by atoms with Crippen molar-refractivity contribution in [3.63, 3.8) is 0 Å². The number of hydrogen-bond donors (Lipinski definition) is 1. The van der Waals surface area contributed by atoms with Gasteiger partial charge in [0.25, 0.3) is 0 Å². The van der Waals surface area contributed by atoms with Gasteiger partial charge in [0, 0.05) is 16.0 Å². The molecule has 0 amide bonds. The molecule has 84 valence electrons. The van der Waals surface area contributed by atoms with Gasteiger partial charge < -0.3 is 5.32 Å². The van der Waals surface area contributed by atoms with E-state index in [1.165, 1.54) is 22.0 Å². The Morgan fingerprint density at radius 1 is 1.38 bits per heavy atom. The third-order valence-corrected chi connectivity index (χ3v) is 3.46. The van der Waals surface area contributed by atoms with E-state index < -0.39 is 0 Å². The first-order valence-corrected chi connectivity index (χ1v) is 5.86. The summed E-state index contributed by atoms with van der Waals surface area (Å²) in [7, 11) is 1.87. The van der Waals surface area contributed by atoms with Crippen LogP contribution in [0.4, 0.5) is 4.39 Å². The zero-order valence-electron chi connectivity index (χ0n) is 9.20. The fraction of sp³-hybridized carbons (Fsp3) is 0.250. The van der Waals surface area contributed by atoms with E-state index >= 15 is 0 Å². The van der Waals surface area contributed by atoms with Crippen LogP contribution in [0.2, 0.25) is 0 Å². The van der Waals surface area contributed by atoms with E-state index in [9.17, 15) is 4.39 Å². The summed E-state index contributed by atoms with van der Waals surface area (Å²) in [4.78, 5) is 6.30. The molecule has 0 radical (unpaired) electrons. The van der Waals surface area contributed by atoms with Crippen molar-refractivity contribution in [1.29, 1.82) is 0 Å². The van der Waals surface area contributed by atoms with Crippen molar-refractivity contribution in [2.75, 3.05) is 7.05 Å². The SMILES string of the molecule is CNC(c1cncc(F)c1)c1ccc(C)s1. The summed E-state index contributed by atoms with van der Waals surface area (Å²) in [5.41, 5.74) is 0.851. The Balaban J connectivity index is 2.36. The van der Waals surface area contributed by atoms with Gasteiger partial charge in [-0.2, -0.15) is 0 Å². The molecule has 0 saturated heterocycles. The third-order valence-electron chi connectivity index (χ3n) is 2.39. The van der Waals surface area contributed by atoms with Crippen LogP contribution in [-0.4, -0.2) is 12.0 Å². The average molecular weight is 236 g/mol. The molecule has 0 aliphatic carbocycles. The molecule has 4 heteroatoms. The number of aromatic nitrogens is 1. The summed E-state index contributed by atoms with van der Waals surface area (Å²) >= 11 is 1.71. The summed E-state index contributed by atoms with van der Waals surface area (Å²) in [5, 5.41) is 3.18. The smallest absolute Gasteiger partial charge is 0.141 e. The molecular formula is C12H13FN2S. The molecule has 2 heterocycles. The summed E-state index contributed by atoms with van der Waals surface area (Å²) in [6, 6.07) is 5.66. The van der Waals surface area contributed by atoms with Crippen molar-refractivity contribution < 1.29 is 4.39 Å². The first kappa shape index (κ1) is 11.2. The van der Waals surface area contributed by atoms with Crippen LogP contribution in [0.5, 0.6) is 0 Å². The number of pyridine rings is 1. The first-order valence-electron chi connectivity index (χ1n) is 5.05. The zero-order valence-corrected chi connectivity index (χ0v) is 10.0. The molecule has 1 atom stereocenters. The monoisotopic (exact) mass is 236 g/mol. The molecule has 2 nitrogen and oxygen atoms in total. The van der Waals surface area contributed by atoms with E-state index in [1.807, 2.05) is 7.05 Å². The molecule has 0 aliphatic rings. The van der Waals surface area contributed by atoms with Crippen LogP contribution in [0.25, 0.3) is 0 Å². The number of nitrogens with zero attached hydrogens (tertiary/aromatic N) is 1. The lowest BCUT2D eigenvalue weighted by molar-refractivity contribution is 0.610. The van der Waals surface area contributed by atoms with E-state index in [4.69, 9.17) is 0 Å². The van der Waals surface area contributed by atoms with Gasteiger partial charge >= 0.3 is 0 Å². The van der Waals surface area contributed by atoms with Crippen LogP contribution >= 0.6 is 11.3 Å². The molecule has 0 aliphatic heterocycles. The predicted octanol–water partition coefficient (Wildman–Crippen LogP) is 2.90. The van der Waals surface area contributed by atoms with E-state index in [2.05, 4.69) is 29.4 Å². The van der Waals surface area contributed by atoms with Gasteiger partial charge in [-0.1, -0.05) is 0 Å². The normalized spacial score (nSPS) is 12.7. The van der Waals surface area contributed by atoms with Crippen molar-refractivity contribution in [3.8, 4) is 0 Å². The van der Waals surface area contributed by atoms with Crippen LogP contribution in [0.15, 0.2) is 30.6 Å². The average Bonchev–Trinajstić information content (AvgIpc) is 2.66. The minimum atomic E-state index is -0.300. The Labute approximate surface area is 98.2 Å². The summed E-state index contributed by atoms with van der Waals surface area (Å²) in [6.45, 7) is 2.06. The van der Waals surface area contributed by atoms with Crippen molar-refractivity contribution in [2.24, 2.45) is 0 Å². The van der Waals surface area contributed by atoms with Gasteiger partial charge in [0.15, 0.2) is 0 Å². The minimum Gasteiger partial charge on any atom is -0.309 e. The Bertz CT molecular complexity index is 481. The number of halogens is 1. The fourth-order valence-corrected chi connectivity index (χ4v) is 2.68. The van der Waals surface area contributed by atoms with Crippen molar-refractivity contribution in [3.05, 3.63) is 51.7 Å². The number of rotatable bonds is 3. The second-order valence-corrected chi connectivity index (χ2v) is 4.93. The van der Waals surface area contributed by atoms with Gasteiger partial charge in [0.1, 0.15) is 5.82 Å². The predicted molar refractivity (Wildman–Crippen MR) is 64.2 cm³/mol. The van der Waals surface area contributed by atoms with Crippen molar-refractivity contribution in [2.45, 2.75) is 13.0 Å².